The van der Waals surface area contributed by atoms with Gasteiger partial charge in [-0.2, -0.15) is 0 Å². The van der Waals surface area contributed by atoms with Gasteiger partial charge in [0.2, 0.25) is 0 Å². The van der Waals surface area contributed by atoms with Crippen LogP contribution in [0.5, 0.6) is 11.5 Å². The van der Waals surface area contributed by atoms with Crippen LogP contribution in [0.1, 0.15) is 25.7 Å². The third-order valence-corrected chi connectivity index (χ3v) is 3.61. The van der Waals surface area contributed by atoms with Crippen molar-refractivity contribution in [1.29, 1.82) is 0 Å². The van der Waals surface area contributed by atoms with Crippen LogP contribution in [0, 0.1) is 5.92 Å². The summed E-state index contributed by atoms with van der Waals surface area (Å²) >= 11 is 0. The molecule has 4 nitrogen and oxygen atoms in total. The minimum Gasteiger partial charge on any atom is -0.493 e. The van der Waals surface area contributed by atoms with Crippen LogP contribution < -0.4 is 20.5 Å². The number of hydrogen-bond acceptors (Lipinski definition) is 4. The first-order valence-corrected chi connectivity index (χ1v) is 6.50. The van der Waals surface area contributed by atoms with Gasteiger partial charge in [-0.15, -0.1) is 0 Å². The molecular weight excluding hydrogens is 228 g/mol. The van der Waals surface area contributed by atoms with Crippen LogP contribution in [0.25, 0.3) is 0 Å². The Balaban J connectivity index is 2.06. The summed E-state index contributed by atoms with van der Waals surface area (Å²) in [5, 5.41) is 3.42. The molecule has 1 fully saturated rings. The summed E-state index contributed by atoms with van der Waals surface area (Å²) in [5.74, 6) is 2.15. The summed E-state index contributed by atoms with van der Waals surface area (Å²) in [6.45, 7) is 0.986. The van der Waals surface area contributed by atoms with Crippen molar-refractivity contribution in [2.24, 2.45) is 5.92 Å². The van der Waals surface area contributed by atoms with Crippen molar-refractivity contribution in [2.75, 3.05) is 31.8 Å². The Morgan fingerprint density at radius 3 is 2.39 bits per heavy atom. The maximum absolute atomic E-state index is 6.01. The number of methoxy groups -OCH3 is 2. The SMILES string of the molecule is COc1cc(N)c(NCC2CCCC2)cc1OC. The molecular formula is C14H22N2O2. The van der Waals surface area contributed by atoms with Crippen molar-refractivity contribution in [1.82, 2.24) is 0 Å². The van der Waals surface area contributed by atoms with Crippen LogP contribution in [0.4, 0.5) is 11.4 Å². The summed E-state index contributed by atoms with van der Waals surface area (Å²) in [4.78, 5) is 0. The van der Waals surface area contributed by atoms with Gasteiger partial charge in [0.1, 0.15) is 0 Å². The second kappa shape index (κ2) is 5.85. The highest BCUT2D eigenvalue weighted by Crippen LogP contribution is 2.35. The highest BCUT2D eigenvalue weighted by Gasteiger charge is 2.15. The lowest BCUT2D eigenvalue weighted by Gasteiger charge is -2.16. The Morgan fingerprint density at radius 2 is 1.78 bits per heavy atom. The Labute approximate surface area is 108 Å². The lowest BCUT2D eigenvalue weighted by Crippen LogP contribution is -2.12. The fourth-order valence-electron chi connectivity index (χ4n) is 2.52. The van der Waals surface area contributed by atoms with Gasteiger partial charge in [-0.25, -0.2) is 0 Å². The highest BCUT2D eigenvalue weighted by atomic mass is 16.5. The van der Waals surface area contributed by atoms with E-state index in [-0.39, 0.29) is 0 Å². The minimum absolute atomic E-state index is 0.668. The number of nitrogen functional groups attached to an aromatic ring is 1. The molecule has 100 valence electrons. The second-order valence-corrected chi connectivity index (χ2v) is 4.83. The fraction of sp³-hybridized carbons (Fsp3) is 0.571. The van der Waals surface area contributed by atoms with E-state index in [0.29, 0.717) is 17.2 Å². The zero-order chi connectivity index (χ0) is 13.0. The molecule has 1 aliphatic carbocycles. The summed E-state index contributed by atoms with van der Waals surface area (Å²) in [5.41, 5.74) is 7.64. The molecule has 1 aliphatic rings. The summed E-state index contributed by atoms with van der Waals surface area (Å²) in [6, 6.07) is 3.71. The predicted molar refractivity (Wildman–Crippen MR) is 74.4 cm³/mol. The van der Waals surface area contributed by atoms with Crippen LogP contribution in [-0.4, -0.2) is 20.8 Å². The molecule has 0 aromatic heterocycles. The minimum atomic E-state index is 0.668. The largest absolute Gasteiger partial charge is 0.493 e. The Hall–Kier alpha value is -1.58. The molecule has 3 N–H and O–H groups in total. The molecule has 4 heteroatoms. The summed E-state index contributed by atoms with van der Waals surface area (Å²) < 4.78 is 10.5. The van der Waals surface area contributed by atoms with Crippen LogP contribution in [0.15, 0.2) is 12.1 Å². The van der Waals surface area contributed by atoms with E-state index in [0.717, 1.165) is 18.2 Å². The Bertz CT molecular complexity index is 401. The molecule has 1 aromatic carbocycles. The van der Waals surface area contributed by atoms with Crippen LogP contribution in [-0.2, 0) is 0 Å². The average Bonchev–Trinajstić information content (AvgIpc) is 2.90. The Kier molecular flexibility index (Phi) is 4.18. The molecule has 0 heterocycles. The molecule has 0 atom stereocenters. The second-order valence-electron chi connectivity index (χ2n) is 4.83. The molecule has 0 amide bonds. The maximum Gasteiger partial charge on any atom is 0.162 e. The van der Waals surface area contributed by atoms with E-state index in [9.17, 15) is 0 Å². The first kappa shape index (κ1) is 12.9. The first-order chi connectivity index (χ1) is 8.74. The quantitative estimate of drug-likeness (QED) is 0.789. The van der Waals surface area contributed by atoms with E-state index in [1.807, 2.05) is 6.07 Å². The zero-order valence-electron chi connectivity index (χ0n) is 11.2. The number of ether oxygens (including phenoxy) is 2. The third-order valence-electron chi connectivity index (χ3n) is 3.61. The number of anilines is 2. The third kappa shape index (κ3) is 2.81. The predicted octanol–water partition coefficient (Wildman–Crippen LogP) is 2.89. The number of nitrogens with one attached hydrogen (secondary N) is 1. The average molecular weight is 250 g/mol. The van der Waals surface area contributed by atoms with Crippen LogP contribution in [0.2, 0.25) is 0 Å². The summed E-state index contributed by atoms with van der Waals surface area (Å²) in [7, 11) is 3.25. The molecule has 1 saturated carbocycles. The van der Waals surface area contributed by atoms with Crippen LogP contribution >= 0.6 is 0 Å². The zero-order valence-corrected chi connectivity index (χ0v) is 11.2. The van der Waals surface area contributed by atoms with Crippen LogP contribution in [0.3, 0.4) is 0 Å². The van der Waals surface area contributed by atoms with Crippen molar-refractivity contribution >= 4 is 11.4 Å². The van der Waals surface area contributed by atoms with Crippen molar-refractivity contribution in [3.05, 3.63) is 12.1 Å². The number of benzene rings is 1. The Morgan fingerprint density at radius 1 is 1.17 bits per heavy atom. The monoisotopic (exact) mass is 250 g/mol. The lowest BCUT2D eigenvalue weighted by atomic mass is 10.1. The van der Waals surface area contributed by atoms with Gasteiger partial charge in [0, 0.05) is 18.7 Å². The topological polar surface area (TPSA) is 56.5 Å². The van der Waals surface area contributed by atoms with Crippen molar-refractivity contribution in [3.8, 4) is 11.5 Å². The van der Waals surface area contributed by atoms with Gasteiger partial charge in [0.25, 0.3) is 0 Å². The number of nitrogens with two attached hydrogens (primary N) is 1. The van der Waals surface area contributed by atoms with Gasteiger partial charge in [0.05, 0.1) is 25.6 Å². The fourth-order valence-corrected chi connectivity index (χ4v) is 2.52. The summed E-state index contributed by atoms with van der Waals surface area (Å²) in [6.07, 6.45) is 5.35. The molecule has 0 unspecified atom stereocenters. The van der Waals surface area contributed by atoms with E-state index in [1.165, 1.54) is 25.7 Å². The van der Waals surface area contributed by atoms with Gasteiger partial charge < -0.3 is 20.5 Å². The van der Waals surface area contributed by atoms with E-state index < -0.39 is 0 Å². The molecule has 2 rings (SSSR count). The molecule has 0 bridgehead atoms. The molecule has 0 saturated heterocycles. The van der Waals surface area contributed by atoms with E-state index in [4.69, 9.17) is 15.2 Å². The first-order valence-electron chi connectivity index (χ1n) is 6.50. The molecule has 0 aliphatic heterocycles. The van der Waals surface area contributed by atoms with Crippen molar-refractivity contribution in [2.45, 2.75) is 25.7 Å². The van der Waals surface area contributed by atoms with Gasteiger partial charge in [-0.1, -0.05) is 12.8 Å². The molecule has 0 spiro atoms. The normalized spacial score (nSPS) is 15.7. The van der Waals surface area contributed by atoms with E-state index >= 15 is 0 Å². The highest BCUT2D eigenvalue weighted by molar-refractivity contribution is 5.72. The van der Waals surface area contributed by atoms with Gasteiger partial charge in [0.15, 0.2) is 11.5 Å². The molecule has 18 heavy (non-hydrogen) atoms. The standard InChI is InChI=1S/C14H22N2O2/c1-17-13-7-11(15)12(8-14(13)18-2)16-9-10-5-3-4-6-10/h7-8,10,16H,3-6,9,15H2,1-2H3. The van der Waals surface area contributed by atoms with Crippen molar-refractivity contribution < 1.29 is 9.47 Å². The van der Waals surface area contributed by atoms with E-state index in [2.05, 4.69) is 5.32 Å². The van der Waals surface area contributed by atoms with Gasteiger partial charge in [-0.3, -0.25) is 0 Å². The number of rotatable bonds is 5. The van der Waals surface area contributed by atoms with Crippen molar-refractivity contribution in [3.63, 3.8) is 0 Å². The van der Waals surface area contributed by atoms with Gasteiger partial charge in [-0.05, 0) is 18.8 Å². The van der Waals surface area contributed by atoms with E-state index in [1.54, 1.807) is 20.3 Å². The maximum atomic E-state index is 6.01. The molecule has 0 radical (unpaired) electrons. The number of hydrogen-bond donors (Lipinski definition) is 2. The lowest BCUT2D eigenvalue weighted by molar-refractivity contribution is 0.355. The smallest absolute Gasteiger partial charge is 0.162 e. The van der Waals surface area contributed by atoms with Gasteiger partial charge >= 0.3 is 0 Å². The molecule has 1 aromatic rings.